The molecule has 2 amide bonds. The van der Waals surface area contributed by atoms with Crippen molar-refractivity contribution in [1.29, 1.82) is 0 Å². The number of hydrogen-bond donors (Lipinski definition) is 2. The number of hydrogen-bond acceptors (Lipinski definition) is 8. The number of aliphatic imine (C=N–C) groups is 1. The van der Waals surface area contributed by atoms with Crippen molar-refractivity contribution >= 4 is 46.7 Å². The van der Waals surface area contributed by atoms with Crippen LogP contribution in [-0.2, 0) is 0 Å². The molecule has 0 spiro atoms. The summed E-state index contributed by atoms with van der Waals surface area (Å²) < 4.78 is 14.9. The molecule has 2 aromatic carbocycles. The SMILES string of the molecule is C=C1/C(=C\N=C(C)Nc2ccc(N3CCNSCC3)cc2OCCC)CN(c2c(C)cccc2C)C(=O)N1c1ccc(OC)cn1. The first kappa shape index (κ1) is 32.9. The van der Waals surface area contributed by atoms with Gasteiger partial charge in [-0.15, -0.1) is 0 Å². The molecule has 11 heteroatoms. The molecule has 46 heavy (non-hydrogen) atoms. The molecule has 2 aliphatic heterocycles. The summed E-state index contributed by atoms with van der Waals surface area (Å²) in [6.45, 7) is 16.1. The van der Waals surface area contributed by atoms with Crippen molar-refractivity contribution < 1.29 is 14.3 Å². The fourth-order valence-electron chi connectivity index (χ4n) is 5.49. The first-order valence-electron chi connectivity index (χ1n) is 15.5. The third kappa shape index (κ3) is 7.48. The van der Waals surface area contributed by atoms with E-state index >= 15 is 0 Å². The van der Waals surface area contributed by atoms with Crippen LogP contribution >= 0.6 is 11.9 Å². The number of carbonyl (C=O) groups excluding carboxylic acids is 1. The monoisotopic (exact) mass is 641 g/mol. The number of nitrogens with zero attached hydrogens (tertiary/aromatic N) is 5. The van der Waals surface area contributed by atoms with Gasteiger partial charge in [0, 0.05) is 48.9 Å². The first-order valence-corrected chi connectivity index (χ1v) is 16.5. The van der Waals surface area contributed by atoms with Gasteiger partial charge in [0.05, 0.1) is 43.5 Å². The second-order valence-corrected chi connectivity index (χ2v) is 12.2. The number of amidine groups is 1. The number of rotatable bonds is 9. The molecule has 10 nitrogen and oxygen atoms in total. The number of urea groups is 1. The van der Waals surface area contributed by atoms with Gasteiger partial charge in [-0.25, -0.2) is 19.7 Å². The van der Waals surface area contributed by atoms with E-state index in [1.807, 2.05) is 39.0 Å². The van der Waals surface area contributed by atoms with Crippen LogP contribution in [0.3, 0.4) is 0 Å². The van der Waals surface area contributed by atoms with E-state index < -0.39 is 0 Å². The summed E-state index contributed by atoms with van der Waals surface area (Å²) in [4.78, 5) is 29.0. The van der Waals surface area contributed by atoms with Crippen LogP contribution < -0.4 is 34.2 Å². The number of amides is 2. The van der Waals surface area contributed by atoms with Crippen LogP contribution in [0.5, 0.6) is 11.5 Å². The number of nitrogens with one attached hydrogen (secondary N) is 2. The molecular weight excluding hydrogens is 598 g/mol. The molecule has 3 heterocycles. The van der Waals surface area contributed by atoms with Crippen molar-refractivity contribution in [3.05, 3.63) is 89.9 Å². The van der Waals surface area contributed by atoms with E-state index in [1.54, 1.807) is 48.5 Å². The molecule has 242 valence electrons. The van der Waals surface area contributed by atoms with Crippen LogP contribution in [-0.4, -0.2) is 62.5 Å². The second kappa shape index (κ2) is 15.2. The van der Waals surface area contributed by atoms with Crippen molar-refractivity contribution in [2.24, 2.45) is 4.99 Å². The van der Waals surface area contributed by atoms with Crippen molar-refractivity contribution in [2.45, 2.75) is 34.1 Å². The van der Waals surface area contributed by atoms with E-state index in [9.17, 15) is 4.79 Å². The second-order valence-electron chi connectivity index (χ2n) is 11.2. The zero-order valence-electron chi connectivity index (χ0n) is 27.3. The maximum absolute atomic E-state index is 14.0. The summed E-state index contributed by atoms with van der Waals surface area (Å²) in [5.74, 6) is 3.54. The number of methoxy groups -OCH3 is 1. The highest BCUT2D eigenvalue weighted by Gasteiger charge is 2.35. The van der Waals surface area contributed by atoms with Gasteiger partial charge in [-0.3, -0.25) is 9.62 Å². The van der Waals surface area contributed by atoms with E-state index in [0.717, 1.165) is 71.3 Å². The predicted molar refractivity (Wildman–Crippen MR) is 191 cm³/mol. The molecule has 2 fully saturated rings. The number of para-hydroxylation sites is 1. The maximum Gasteiger partial charge on any atom is 0.335 e. The third-order valence-corrected chi connectivity index (χ3v) is 8.65. The van der Waals surface area contributed by atoms with Gasteiger partial charge in [-0.2, -0.15) is 0 Å². The lowest BCUT2D eigenvalue weighted by Crippen LogP contribution is -2.50. The Kier molecular flexibility index (Phi) is 10.9. The summed E-state index contributed by atoms with van der Waals surface area (Å²) >= 11 is 1.77. The van der Waals surface area contributed by atoms with Crippen molar-refractivity contribution in [2.75, 3.05) is 65.7 Å². The van der Waals surface area contributed by atoms with Crippen LogP contribution in [0.4, 0.5) is 27.7 Å². The summed E-state index contributed by atoms with van der Waals surface area (Å²) in [5, 5.41) is 3.44. The Bertz CT molecular complexity index is 1590. The standard InChI is InChI=1S/C35H43N7O3S/c1-7-18-45-32-20-29(40-16-15-38-46-19-17-40)11-13-31(32)39-27(5)36-21-28-23-41(34-24(2)9-8-10-25(34)3)35(43)42(26(28)4)33-14-12-30(44-6)22-37-33/h8-14,20-22,38H,4,7,15-19,23H2,1-3,5-6H3,(H,36,39)/b28-21-. The predicted octanol–water partition coefficient (Wildman–Crippen LogP) is 6.93. The van der Waals surface area contributed by atoms with E-state index in [4.69, 9.17) is 14.5 Å². The normalized spacial score (nSPS) is 16.9. The minimum Gasteiger partial charge on any atom is -0.495 e. The number of ether oxygens (including phenoxy) is 2. The van der Waals surface area contributed by atoms with Gasteiger partial charge < -0.3 is 19.7 Å². The average molecular weight is 642 g/mol. The Balaban J connectivity index is 1.45. The minimum absolute atomic E-state index is 0.229. The molecule has 1 aromatic heterocycles. The van der Waals surface area contributed by atoms with Gasteiger partial charge in [0.1, 0.15) is 23.2 Å². The molecule has 0 saturated carbocycles. The summed E-state index contributed by atoms with van der Waals surface area (Å²) in [5.41, 5.74) is 6.15. The number of aromatic nitrogens is 1. The van der Waals surface area contributed by atoms with Gasteiger partial charge in [-0.1, -0.05) is 43.6 Å². The molecular formula is C35H43N7O3S. The summed E-state index contributed by atoms with van der Waals surface area (Å²) in [6.07, 6.45) is 4.27. The lowest BCUT2D eigenvalue weighted by Gasteiger charge is -2.38. The molecule has 2 aliphatic rings. The number of carbonyl (C=O) groups is 1. The lowest BCUT2D eigenvalue weighted by molar-refractivity contribution is 0.252. The topological polar surface area (TPSA) is 94.6 Å². The number of pyridine rings is 1. The maximum atomic E-state index is 14.0. The van der Waals surface area contributed by atoms with Crippen LogP contribution in [0, 0.1) is 13.8 Å². The van der Waals surface area contributed by atoms with E-state index in [1.165, 1.54) is 4.90 Å². The zero-order valence-corrected chi connectivity index (χ0v) is 28.1. The van der Waals surface area contributed by atoms with Crippen molar-refractivity contribution in [3.63, 3.8) is 0 Å². The molecule has 0 aliphatic carbocycles. The molecule has 3 aromatic rings. The third-order valence-electron chi connectivity index (χ3n) is 7.86. The molecule has 0 radical (unpaired) electrons. The van der Waals surface area contributed by atoms with Gasteiger partial charge in [0.2, 0.25) is 0 Å². The zero-order chi connectivity index (χ0) is 32.6. The highest BCUT2D eigenvalue weighted by atomic mass is 32.2. The van der Waals surface area contributed by atoms with Gasteiger partial charge in [0.25, 0.3) is 0 Å². The highest BCUT2D eigenvalue weighted by molar-refractivity contribution is 7.97. The van der Waals surface area contributed by atoms with E-state index in [2.05, 4.69) is 51.6 Å². The van der Waals surface area contributed by atoms with Crippen LogP contribution in [0.2, 0.25) is 0 Å². The molecule has 2 N–H and O–H groups in total. The Morgan fingerprint density at radius 3 is 2.70 bits per heavy atom. The quantitative estimate of drug-likeness (QED) is 0.148. The summed E-state index contributed by atoms with van der Waals surface area (Å²) in [7, 11) is 1.58. The Labute approximate surface area is 276 Å². The Hall–Kier alpha value is -4.48. The highest BCUT2D eigenvalue weighted by Crippen LogP contribution is 2.35. The van der Waals surface area contributed by atoms with Crippen LogP contribution in [0.25, 0.3) is 0 Å². The minimum atomic E-state index is -0.229. The van der Waals surface area contributed by atoms with Gasteiger partial charge in [0.15, 0.2) is 0 Å². The number of benzene rings is 2. The van der Waals surface area contributed by atoms with E-state index in [-0.39, 0.29) is 6.03 Å². The smallest absolute Gasteiger partial charge is 0.335 e. The van der Waals surface area contributed by atoms with Crippen molar-refractivity contribution in [3.8, 4) is 11.5 Å². The number of aryl methyl sites for hydroxylation is 2. The van der Waals surface area contributed by atoms with Gasteiger partial charge >= 0.3 is 6.03 Å². The Morgan fingerprint density at radius 2 is 1.98 bits per heavy atom. The summed E-state index contributed by atoms with van der Waals surface area (Å²) in [6, 6.07) is 15.6. The van der Waals surface area contributed by atoms with Gasteiger partial charge in [-0.05, 0) is 62.6 Å². The number of anilines is 4. The molecule has 0 atom stereocenters. The Morgan fingerprint density at radius 1 is 1.17 bits per heavy atom. The lowest BCUT2D eigenvalue weighted by atomic mass is 10.0. The average Bonchev–Trinajstić information content (AvgIpc) is 3.35. The fraction of sp³-hybridized carbons (Fsp3) is 0.343. The van der Waals surface area contributed by atoms with Crippen molar-refractivity contribution in [1.82, 2.24) is 9.71 Å². The molecule has 2 saturated heterocycles. The first-order chi connectivity index (χ1) is 22.3. The largest absolute Gasteiger partial charge is 0.495 e. The molecule has 0 unspecified atom stereocenters. The van der Waals surface area contributed by atoms with E-state index in [0.29, 0.717) is 36.3 Å². The molecule has 0 bridgehead atoms. The van der Waals surface area contributed by atoms with Crippen LogP contribution in [0.1, 0.15) is 31.4 Å². The fourth-order valence-corrected chi connectivity index (χ4v) is 6.18. The molecule has 5 rings (SSSR count). The van der Waals surface area contributed by atoms with Crippen LogP contribution in [0.15, 0.2) is 83.8 Å².